The Morgan fingerprint density at radius 2 is 1.80 bits per heavy atom. The smallest absolute Gasteiger partial charge is 0.312 e. The minimum Gasteiger partial charge on any atom is -0.455 e. The highest BCUT2D eigenvalue weighted by Gasteiger charge is 2.60. The molecule has 5 saturated carbocycles. The van der Waals surface area contributed by atoms with E-state index in [1.807, 2.05) is 0 Å². The largest absolute Gasteiger partial charge is 0.455 e. The van der Waals surface area contributed by atoms with Gasteiger partial charge in [0, 0.05) is 10.9 Å². The Morgan fingerprint density at radius 1 is 1.12 bits per heavy atom. The Hall–Kier alpha value is -0.770. The summed E-state index contributed by atoms with van der Waals surface area (Å²) in [7, 11) is 0. The van der Waals surface area contributed by atoms with E-state index in [1.54, 1.807) is 0 Å². The van der Waals surface area contributed by atoms with Gasteiger partial charge in [-0.1, -0.05) is 19.8 Å². The lowest BCUT2D eigenvalue weighted by Crippen LogP contribution is -2.56. The van der Waals surface area contributed by atoms with Crippen molar-refractivity contribution in [2.24, 2.45) is 23.2 Å². The van der Waals surface area contributed by atoms with Crippen LogP contribution < -0.4 is 5.32 Å². The minimum absolute atomic E-state index is 0.144. The van der Waals surface area contributed by atoms with Crippen LogP contribution in [-0.2, 0) is 14.3 Å². The second-order valence-electron chi connectivity index (χ2n) is 9.40. The Kier molecular flexibility index (Phi) is 4.54. The molecule has 0 radical (unpaired) electrons. The Labute approximate surface area is 155 Å². The number of nitrogens with one attached hydrogen (secondary N) is 1. The number of hydrogen-bond acceptors (Lipinski definition) is 3. The zero-order valence-electron chi connectivity index (χ0n) is 15.2. The van der Waals surface area contributed by atoms with Gasteiger partial charge in [-0.2, -0.15) is 0 Å². The number of carbonyl (C=O) groups is 2. The number of alkyl halides is 1. The highest BCUT2D eigenvalue weighted by molar-refractivity contribution is 6.24. The van der Waals surface area contributed by atoms with Crippen LogP contribution in [0.5, 0.6) is 0 Å². The summed E-state index contributed by atoms with van der Waals surface area (Å²) in [5, 5.41) is 3.06. The van der Waals surface area contributed by atoms with Crippen LogP contribution in [0, 0.1) is 23.2 Å². The number of hydrogen-bond donors (Lipinski definition) is 1. The molecular formula is C20H30ClNO3. The van der Waals surface area contributed by atoms with Crippen molar-refractivity contribution in [3.05, 3.63) is 0 Å². The van der Waals surface area contributed by atoms with E-state index in [0.717, 1.165) is 44.9 Å². The molecular weight excluding hydrogens is 338 g/mol. The third-order valence-electron chi connectivity index (χ3n) is 7.21. The quantitative estimate of drug-likeness (QED) is 0.607. The Balaban J connectivity index is 1.32. The normalized spacial score (nSPS) is 45.2. The molecule has 0 spiro atoms. The van der Waals surface area contributed by atoms with E-state index in [1.165, 1.54) is 19.3 Å². The van der Waals surface area contributed by atoms with Crippen molar-refractivity contribution in [3.8, 4) is 0 Å². The van der Waals surface area contributed by atoms with Crippen molar-refractivity contribution in [3.63, 3.8) is 0 Å². The molecule has 4 nitrogen and oxygen atoms in total. The molecule has 5 heteroatoms. The predicted octanol–water partition coefficient (Wildman–Crippen LogP) is 3.80. The molecule has 5 fully saturated rings. The van der Waals surface area contributed by atoms with Crippen molar-refractivity contribution in [1.82, 2.24) is 5.32 Å². The summed E-state index contributed by atoms with van der Waals surface area (Å²) in [4.78, 5) is 24.9. The lowest BCUT2D eigenvalue weighted by Gasteiger charge is -2.58. The number of ether oxygens (including phenoxy) is 1. The van der Waals surface area contributed by atoms with Gasteiger partial charge in [0.25, 0.3) is 5.91 Å². The first-order valence-corrected chi connectivity index (χ1v) is 10.4. The molecule has 1 amide bonds. The van der Waals surface area contributed by atoms with Gasteiger partial charge in [-0.3, -0.25) is 9.59 Å². The molecule has 0 heterocycles. The van der Waals surface area contributed by atoms with E-state index >= 15 is 0 Å². The van der Waals surface area contributed by atoms with Crippen LogP contribution >= 0.6 is 11.6 Å². The lowest BCUT2D eigenvalue weighted by molar-refractivity contribution is -0.171. The summed E-state index contributed by atoms with van der Waals surface area (Å²) < 4.78 is 5.50. The number of amides is 1. The van der Waals surface area contributed by atoms with Crippen molar-refractivity contribution in [2.45, 2.75) is 82.0 Å². The van der Waals surface area contributed by atoms with Gasteiger partial charge in [-0.15, -0.1) is 11.6 Å². The van der Waals surface area contributed by atoms with Crippen LogP contribution in [0.1, 0.15) is 71.1 Å². The molecule has 5 aliphatic rings. The molecule has 0 saturated heterocycles. The maximum atomic E-state index is 12.8. The van der Waals surface area contributed by atoms with Gasteiger partial charge in [0.1, 0.15) is 0 Å². The Bertz CT molecular complexity index is 549. The van der Waals surface area contributed by atoms with Gasteiger partial charge in [-0.25, -0.2) is 0 Å². The maximum Gasteiger partial charge on any atom is 0.312 e. The highest BCUT2D eigenvalue weighted by Crippen LogP contribution is 2.64. The molecule has 5 aliphatic carbocycles. The minimum atomic E-state index is -0.426. The van der Waals surface area contributed by atoms with Crippen molar-refractivity contribution in [2.75, 3.05) is 6.61 Å². The van der Waals surface area contributed by atoms with Gasteiger partial charge >= 0.3 is 5.97 Å². The van der Waals surface area contributed by atoms with Gasteiger partial charge in [-0.05, 0) is 69.1 Å². The molecule has 0 aliphatic heterocycles. The van der Waals surface area contributed by atoms with E-state index in [2.05, 4.69) is 12.2 Å². The van der Waals surface area contributed by atoms with E-state index in [-0.39, 0.29) is 29.4 Å². The van der Waals surface area contributed by atoms with Crippen LogP contribution in [0.15, 0.2) is 0 Å². The van der Waals surface area contributed by atoms with E-state index < -0.39 is 5.41 Å². The van der Waals surface area contributed by atoms with Gasteiger partial charge in [0.05, 0.1) is 5.41 Å². The zero-order chi connectivity index (χ0) is 17.7. The molecule has 0 aromatic carbocycles. The monoisotopic (exact) mass is 367 g/mol. The molecule has 5 rings (SSSR count). The summed E-state index contributed by atoms with van der Waals surface area (Å²) in [5.74, 6) is 1.29. The molecule has 0 unspecified atom stereocenters. The zero-order valence-corrected chi connectivity index (χ0v) is 15.9. The number of halogens is 1. The summed E-state index contributed by atoms with van der Waals surface area (Å²) in [6.07, 6.45) is 10.4. The third kappa shape index (κ3) is 3.43. The number of esters is 1. The van der Waals surface area contributed by atoms with Crippen molar-refractivity contribution in [1.29, 1.82) is 0 Å². The van der Waals surface area contributed by atoms with Crippen LogP contribution in [-0.4, -0.2) is 29.4 Å². The van der Waals surface area contributed by atoms with Crippen LogP contribution in [0.3, 0.4) is 0 Å². The van der Waals surface area contributed by atoms with E-state index in [4.69, 9.17) is 16.3 Å². The molecule has 4 bridgehead atoms. The van der Waals surface area contributed by atoms with E-state index in [0.29, 0.717) is 17.8 Å². The summed E-state index contributed by atoms with van der Waals surface area (Å²) in [6, 6.07) is 0.227. The number of rotatable bonds is 4. The fourth-order valence-electron chi connectivity index (χ4n) is 6.45. The van der Waals surface area contributed by atoms with E-state index in [9.17, 15) is 9.59 Å². The van der Waals surface area contributed by atoms with Gasteiger partial charge in [0.2, 0.25) is 0 Å². The first-order chi connectivity index (χ1) is 11.9. The lowest BCUT2D eigenvalue weighted by atomic mass is 9.49. The fourth-order valence-corrected chi connectivity index (χ4v) is 7.15. The standard InChI is InChI=1S/C20H30ClNO3/c1-13-4-2-3-5-16(13)22-17(23)11-25-18(24)19-7-14-6-15(8-19)10-20(21,9-14)12-19/h13-16H,2-12H2,1H3,(H,22,23)/t13-,14+,15+,16-,19?,20?/m0/s1. The SMILES string of the molecule is C[C@H]1CCCC[C@@H]1NC(=O)COC(=O)C12C[C@H]3C[C@@H](CC(Cl)(C3)C1)C2. The maximum absolute atomic E-state index is 12.8. The molecule has 0 aromatic rings. The molecule has 1 N–H and O–H groups in total. The second-order valence-corrected chi connectivity index (χ2v) is 10.2. The van der Waals surface area contributed by atoms with Crippen molar-refractivity contribution >= 4 is 23.5 Å². The highest BCUT2D eigenvalue weighted by atomic mass is 35.5. The molecule has 4 atom stereocenters. The van der Waals surface area contributed by atoms with Crippen LogP contribution in [0.2, 0.25) is 0 Å². The number of carbonyl (C=O) groups excluding carboxylic acids is 2. The molecule has 0 aromatic heterocycles. The average molecular weight is 368 g/mol. The summed E-state index contributed by atoms with van der Waals surface area (Å²) in [6.45, 7) is 2.04. The summed E-state index contributed by atoms with van der Waals surface area (Å²) in [5.41, 5.74) is -0.426. The van der Waals surface area contributed by atoms with Crippen LogP contribution in [0.4, 0.5) is 0 Å². The predicted molar refractivity (Wildman–Crippen MR) is 96.2 cm³/mol. The van der Waals surface area contributed by atoms with Crippen LogP contribution in [0.25, 0.3) is 0 Å². The second kappa shape index (κ2) is 6.44. The third-order valence-corrected chi connectivity index (χ3v) is 7.66. The average Bonchev–Trinajstić information content (AvgIpc) is 2.52. The first kappa shape index (κ1) is 17.6. The summed E-state index contributed by atoms with van der Waals surface area (Å²) >= 11 is 6.79. The Morgan fingerprint density at radius 3 is 2.44 bits per heavy atom. The molecule has 25 heavy (non-hydrogen) atoms. The molecule has 140 valence electrons. The van der Waals surface area contributed by atoms with Crippen molar-refractivity contribution < 1.29 is 14.3 Å². The van der Waals surface area contributed by atoms with Gasteiger partial charge < -0.3 is 10.1 Å². The fraction of sp³-hybridized carbons (Fsp3) is 0.900. The topological polar surface area (TPSA) is 55.4 Å². The van der Waals surface area contributed by atoms with Gasteiger partial charge in [0.15, 0.2) is 6.61 Å². The first-order valence-electron chi connectivity index (χ1n) is 10.0.